The molecule has 0 aromatic heterocycles. The van der Waals surface area contributed by atoms with Crippen molar-refractivity contribution in [1.29, 1.82) is 0 Å². The molecule has 0 radical (unpaired) electrons. The normalized spacial score (nSPS) is 13.8. The summed E-state index contributed by atoms with van der Waals surface area (Å²) >= 11 is 0. The van der Waals surface area contributed by atoms with Crippen LogP contribution < -0.4 is 0 Å². The molecule has 0 rings (SSSR count). The van der Waals surface area contributed by atoms with Gasteiger partial charge in [-0.05, 0) is 39.8 Å². The lowest BCUT2D eigenvalue weighted by atomic mass is 10.5. The van der Waals surface area contributed by atoms with E-state index in [0.717, 1.165) is 11.5 Å². The van der Waals surface area contributed by atoms with E-state index in [2.05, 4.69) is 0 Å². The third-order valence-corrected chi connectivity index (χ3v) is 1.14. The maximum Gasteiger partial charge on any atom is 0.0962 e. The number of hydrogen-bond acceptors (Lipinski definition) is 1. The molecule has 0 aliphatic heterocycles. The van der Waals surface area contributed by atoms with Crippen LogP contribution in [0, 0.1) is 0 Å². The van der Waals surface area contributed by atoms with E-state index < -0.39 is 0 Å². The second kappa shape index (κ2) is 4.19. The minimum Gasteiger partial charge on any atom is -0.467 e. The van der Waals surface area contributed by atoms with E-state index in [4.69, 9.17) is 4.74 Å². The molecule has 0 atom stereocenters. The molecule has 52 valence electrons. The predicted octanol–water partition coefficient (Wildman–Crippen LogP) is 2.85. The molecule has 0 unspecified atom stereocenters. The Morgan fingerprint density at radius 2 is 1.33 bits per heavy atom. The Hall–Kier alpha value is -0.720. The fraction of sp³-hybridized carbons (Fsp3) is 0.500. The smallest absolute Gasteiger partial charge is 0.0962 e. The molecule has 9 heavy (non-hydrogen) atoms. The van der Waals surface area contributed by atoms with Gasteiger partial charge in [-0.1, -0.05) is 0 Å². The minimum atomic E-state index is 0.950. The monoisotopic (exact) mass is 126 g/mol. The fourth-order valence-corrected chi connectivity index (χ4v) is 0.372. The first-order valence-electron chi connectivity index (χ1n) is 3.14. The molecule has 0 aromatic rings. The predicted molar refractivity (Wildman–Crippen MR) is 39.9 cm³/mol. The fourth-order valence-electron chi connectivity index (χ4n) is 0.372. The first-order valence-corrected chi connectivity index (χ1v) is 3.14. The van der Waals surface area contributed by atoms with Gasteiger partial charge in [-0.15, -0.1) is 0 Å². The molecular formula is C8H14O. The van der Waals surface area contributed by atoms with Gasteiger partial charge in [-0.2, -0.15) is 0 Å². The highest BCUT2D eigenvalue weighted by Gasteiger charge is 1.86. The molecule has 0 aromatic carbocycles. The van der Waals surface area contributed by atoms with Crippen LogP contribution in [0.1, 0.15) is 27.7 Å². The summed E-state index contributed by atoms with van der Waals surface area (Å²) in [6.45, 7) is 7.79. The van der Waals surface area contributed by atoms with Gasteiger partial charge in [0.25, 0.3) is 0 Å². The third kappa shape index (κ3) is 3.83. The van der Waals surface area contributed by atoms with Crippen LogP contribution in [-0.2, 0) is 4.74 Å². The minimum absolute atomic E-state index is 0.950. The third-order valence-electron chi connectivity index (χ3n) is 1.14. The lowest BCUT2D eigenvalue weighted by molar-refractivity contribution is 0.307. The SMILES string of the molecule is CC=C(C)OC(C)=CC. The molecule has 0 fully saturated rings. The zero-order valence-corrected chi connectivity index (χ0v) is 6.56. The Morgan fingerprint density at radius 1 is 1.00 bits per heavy atom. The van der Waals surface area contributed by atoms with E-state index in [1.54, 1.807) is 0 Å². The topological polar surface area (TPSA) is 9.23 Å². The highest BCUT2D eigenvalue weighted by Crippen LogP contribution is 2.03. The summed E-state index contributed by atoms with van der Waals surface area (Å²) in [7, 11) is 0. The molecule has 0 aliphatic carbocycles. The molecule has 0 saturated carbocycles. The van der Waals surface area contributed by atoms with Crippen molar-refractivity contribution in [3.63, 3.8) is 0 Å². The molecular weight excluding hydrogens is 112 g/mol. The van der Waals surface area contributed by atoms with E-state index in [0.29, 0.717) is 0 Å². The van der Waals surface area contributed by atoms with Gasteiger partial charge in [0.2, 0.25) is 0 Å². The molecule has 0 N–H and O–H groups in total. The second-order valence-electron chi connectivity index (χ2n) is 1.90. The van der Waals surface area contributed by atoms with E-state index >= 15 is 0 Å². The van der Waals surface area contributed by atoms with Crippen LogP contribution in [0.3, 0.4) is 0 Å². The maximum absolute atomic E-state index is 5.27. The van der Waals surface area contributed by atoms with Gasteiger partial charge >= 0.3 is 0 Å². The van der Waals surface area contributed by atoms with E-state index in [9.17, 15) is 0 Å². The van der Waals surface area contributed by atoms with Crippen molar-refractivity contribution in [1.82, 2.24) is 0 Å². The summed E-state index contributed by atoms with van der Waals surface area (Å²) < 4.78 is 5.27. The first kappa shape index (κ1) is 8.28. The van der Waals surface area contributed by atoms with Crippen molar-refractivity contribution in [2.45, 2.75) is 27.7 Å². The van der Waals surface area contributed by atoms with Crippen LogP contribution in [0.2, 0.25) is 0 Å². The van der Waals surface area contributed by atoms with Crippen molar-refractivity contribution in [2.75, 3.05) is 0 Å². The van der Waals surface area contributed by atoms with E-state index in [-0.39, 0.29) is 0 Å². The summed E-state index contributed by atoms with van der Waals surface area (Å²) in [6, 6.07) is 0. The van der Waals surface area contributed by atoms with Crippen molar-refractivity contribution in [2.24, 2.45) is 0 Å². The van der Waals surface area contributed by atoms with Crippen molar-refractivity contribution in [3.8, 4) is 0 Å². The average molecular weight is 126 g/mol. The van der Waals surface area contributed by atoms with Gasteiger partial charge in [0, 0.05) is 0 Å². The Balaban J connectivity index is 3.75. The molecule has 0 aliphatic rings. The van der Waals surface area contributed by atoms with Crippen molar-refractivity contribution >= 4 is 0 Å². The van der Waals surface area contributed by atoms with Crippen LogP contribution >= 0.6 is 0 Å². The van der Waals surface area contributed by atoms with Crippen molar-refractivity contribution in [3.05, 3.63) is 23.7 Å². The molecule has 1 heteroatoms. The average Bonchev–Trinajstić information content (AvgIpc) is 1.87. The standard InChI is InChI=1S/C8H14O/c1-5-7(3)9-8(4)6-2/h5-6H,1-4H3. The number of rotatable bonds is 2. The number of allylic oxidation sites excluding steroid dienone is 4. The largest absolute Gasteiger partial charge is 0.467 e. The van der Waals surface area contributed by atoms with Crippen LogP contribution in [0.15, 0.2) is 23.7 Å². The van der Waals surface area contributed by atoms with Gasteiger partial charge in [0.15, 0.2) is 0 Å². The highest BCUT2D eigenvalue weighted by atomic mass is 16.5. The van der Waals surface area contributed by atoms with Gasteiger partial charge in [0.1, 0.15) is 0 Å². The summed E-state index contributed by atoms with van der Waals surface area (Å²) in [5.74, 6) is 1.90. The quantitative estimate of drug-likeness (QED) is 0.517. The Morgan fingerprint density at radius 3 is 1.56 bits per heavy atom. The zero-order valence-electron chi connectivity index (χ0n) is 6.56. The van der Waals surface area contributed by atoms with Gasteiger partial charge in [-0.3, -0.25) is 0 Å². The summed E-state index contributed by atoms with van der Waals surface area (Å²) in [4.78, 5) is 0. The molecule has 1 nitrogen and oxygen atoms in total. The summed E-state index contributed by atoms with van der Waals surface area (Å²) in [5, 5.41) is 0. The number of hydrogen-bond donors (Lipinski definition) is 0. The van der Waals surface area contributed by atoms with Gasteiger partial charge in [0.05, 0.1) is 11.5 Å². The second-order valence-corrected chi connectivity index (χ2v) is 1.90. The molecule has 0 spiro atoms. The zero-order chi connectivity index (χ0) is 7.28. The van der Waals surface area contributed by atoms with Crippen LogP contribution in [0.25, 0.3) is 0 Å². The summed E-state index contributed by atoms with van der Waals surface area (Å²) in [6.07, 6.45) is 3.88. The maximum atomic E-state index is 5.27. The molecule has 0 heterocycles. The van der Waals surface area contributed by atoms with Crippen molar-refractivity contribution < 1.29 is 4.74 Å². The number of ether oxygens (including phenoxy) is 1. The van der Waals surface area contributed by atoms with Crippen LogP contribution in [0.5, 0.6) is 0 Å². The molecule has 0 saturated heterocycles. The highest BCUT2D eigenvalue weighted by molar-refractivity contribution is 4.94. The molecule has 0 amide bonds. The van der Waals surface area contributed by atoms with Crippen LogP contribution in [0.4, 0.5) is 0 Å². The Kier molecular flexibility index (Phi) is 3.85. The first-order chi connectivity index (χ1) is 4.20. The van der Waals surface area contributed by atoms with Crippen LogP contribution in [-0.4, -0.2) is 0 Å². The lowest BCUT2D eigenvalue weighted by Crippen LogP contribution is -1.83. The van der Waals surface area contributed by atoms with Gasteiger partial charge < -0.3 is 4.74 Å². The Labute approximate surface area is 57.0 Å². The Bertz CT molecular complexity index is 116. The summed E-state index contributed by atoms with van der Waals surface area (Å²) in [5.41, 5.74) is 0. The van der Waals surface area contributed by atoms with E-state index in [1.165, 1.54) is 0 Å². The van der Waals surface area contributed by atoms with Gasteiger partial charge in [-0.25, -0.2) is 0 Å². The molecule has 0 bridgehead atoms. The van der Waals surface area contributed by atoms with E-state index in [1.807, 2.05) is 39.8 Å². The lowest BCUT2D eigenvalue weighted by Gasteiger charge is -2.02.